The fraction of sp³-hybridized carbons (Fsp3) is 0.435. The molecule has 2 aromatic rings. The first-order chi connectivity index (χ1) is 15.3. The van der Waals surface area contributed by atoms with Gasteiger partial charge in [0.15, 0.2) is 11.5 Å². The minimum Gasteiger partial charge on any atom is -0.493 e. The number of halogens is 1. The van der Waals surface area contributed by atoms with Crippen LogP contribution in [-0.4, -0.2) is 45.9 Å². The first kappa shape index (κ1) is 24.4. The van der Waals surface area contributed by atoms with E-state index in [0.29, 0.717) is 24.6 Å². The van der Waals surface area contributed by atoms with Gasteiger partial charge in [0.2, 0.25) is 10.0 Å². The van der Waals surface area contributed by atoms with Gasteiger partial charge in [0.05, 0.1) is 35.7 Å². The average Bonchev–Trinajstić information content (AvgIpc) is 3.08. The summed E-state index contributed by atoms with van der Waals surface area (Å²) >= 11 is 6.26. The molecule has 0 bridgehead atoms. The molecule has 2 aromatic carbocycles. The second-order valence-corrected chi connectivity index (χ2v) is 10.1. The zero-order valence-electron chi connectivity index (χ0n) is 18.6. The average molecular weight is 481 g/mol. The van der Waals surface area contributed by atoms with Crippen LogP contribution in [0.5, 0.6) is 11.5 Å². The van der Waals surface area contributed by atoms with Crippen molar-refractivity contribution < 1.29 is 22.7 Å². The number of hydrogen-bond donors (Lipinski definition) is 1. The summed E-state index contributed by atoms with van der Waals surface area (Å²) in [6.45, 7) is 2.80. The fourth-order valence-corrected chi connectivity index (χ4v) is 5.50. The van der Waals surface area contributed by atoms with Gasteiger partial charge >= 0.3 is 0 Å². The Morgan fingerprint density at radius 1 is 1.00 bits per heavy atom. The number of carbonyl (C=O) groups is 1. The summed E-state index contributed by atoms with van der Waals surface area (Å²) in [5, 5.41) is 3.07. The van der Waals surface area contributed by atoms with E-state index in [0.717, 1.165) is 31.2 Å². The summed E-state index contributed by atoms with van der Waals surface area (Å²) in [4.78, 5) is 13.1. The SMILES string of the molecule is COc1ccc([C@@H](C)NC(=O)c2cc(S(=O)(=O)N3CCCCCC3)ccc2Cl)cc1OC. The van der Waals surface area contributed by atoms with E-state index >= 15 is 0 Å². The van der Waals surface area contributed by atoms with Gasteiger partial charge in [0.1, 0.15) is 0 Å². The zero-order valence-corrected chi connectivity index (χ0v) is 20.1. The lowest BCUT2D eigenvalue weighted by Gasteiger charge is -2.21. The molecule has 174 valence electrons. The van der Waals surface area contributed by atoms with Crippen molar-refractivity contribution in [1.82, 2.24) is 9.62 Å². The number of methoxy groups -OCH3 is 2. The van der Waals surface area contributed by atoms with E-state index in [2.05, 4.69) is 5.32 Å². The normalized spacial score (nSPS) is 16.1. The van der Waals surface area contributed by atoms with E-state index in [4.69, 9.17) is 21.1 Å². The van der Waals surface area contributed by atoms with E-state index in [1.165, 1.54) is 22.5 Å². The summed E-state index contributed by atoms with van der Waals surface area (Å²) in [7, 11) is -0.596. The van der Waals surface area contributed by atoms with Crippen molar-refractivity contribution in [2.24, 2.45) is 0 Å². The molecule has 0 unspecified atom stereocenters. The molecule has 9 heteroatoms. The molecule has 7 nitrogen and oxygen atoms in total. The molecule has 0 aliphatic carbocycles. The number of rotatable bonds is 7. The smallest absolute Gasteiger partial charge is 0.253 e. The van der Waals surface area contributed by atoms with Crippen LogP contribution in [0.4, 0.5) is 0 Å². The molecule has 0 spiro atoms. The van der Waals surface area contributed by atoms with Gasteiger partial charge in [-0.3, -0.25) is 4.79 Å². The van der Waals surface area contributed by atoms with Crippen molar-refractivity contribution in [2.45, 2.75) is 43.5 Å². The predicted octanol–water partition coefficient (Wildman–Crippen LogP) is 4.41. The second-order valence-electron chi connectivity index (χ2n) is 7.77. The summed E-state index contributed by atoms with van der Waals surface area (Å²) in [6.07, 6.45) is 3.72. The highest BCUT2D eigenvalue weighted by atomic mass is 35.5. The molecule has 1 N–H and O–H groups in total. The Morgan fingerprint density at radius 3 is 2.28 bits per heavy atom. The molecule has 1 saturated heterocycles. The lowest BCUT2D eigenvalue weighted by molar-refractivity contribution is 0.0939. The van der Waals surface area contributed by atoms with Gasteiger partial charge in [-0.15, -0.1) is 0 Å². The van der Waals surface area contributed by atoms with Crippen LogP contribution in [0.25, 0.3) is 0 Å². The van der Waals surface area contributed by atoms with Crippen LogP contribution in [-0.2, 0) is 10.0 Å². The van der Waals surface area contributed by atoms with Gasteiger partial charge in [-0.1, -0.05) is 30.5 Å². The third-order valence-corrected chi connectivity index (χ3v) is 7.86. The molecule has 0 saturated carbocycles. The van der Waals surface area contributed by atoms with Gasteiger partial charge in [0.25, 0.3) is 5.91 Å². The third-order valence-electron chi connectivity index (χ3n) is 5.64. The minimum atomic E-state index is -3.69. The highest BCUT2D eigenvalue weighted by Crippen LogP contribution is 2.30. The lowest BCUT2D eigenvalue weighted by Crippen LogP contribution is -2.32. The standard InChI is InChI=1S/C23H29ClN2O5S/c1-16(17-8-11-21(30-2)22(14-17)31-3)25-23(27)19-15-18(9-10-20(19)24)32(28,29)26-12-6-4-5-7-13-26/h8-11,14-16H,4-7,12-13H2,1-3H3,(H,25,27)/t16-/m1/s1. The van der Waals surface area contributed by atoms with Gasteiger partial charge in [-0.2, -0.15) is 4.31 Å². The topological polar surface area (TPSA) is 84.9 Å². The monoisotopic (exact) mass is 480 g/mol. The molecule has 0 aromatic heterocycles. The van der Waals surface area contributed by atoms with Crippen LogP contribution in [0.15, 0.2) is 41.3 Å². The Morgan fingerprint density at radius 2 is 1.66 bits per heavy atom. The Labute approximate surface area is 194 Å². The molecular formula is C23H29ClN2O5S. The van der Waals surface area contributed by atoms with Crippen molar-refractivity contribution in [3.8, 4) is 11.5 Å². The quantitative estimate of drug-likeness (QED) is 0.634. The van der Waals surface area contributed by atoms with Crippen LogP contribution in [0, 0.1) is 0 Å². The predicted molar refractivity (Wildman–Crippen MR) is 124 cm³/mol. The van der Waals surface area contributed by atoms with E-state index in [9.17, 15) is 13.2 Å². The Hall–Kier alpha value is -2.29. The molecule has 1 amide bonds. The van der Waals surface area contributed by atoms with Crippen molar-refractivity contribution in [3.63, 3.8) is 0 Å². The van der Waals surface area contributed by atoms with Crippen LogP contribution < -0.4 is 14.8 Å². The molecule has 1 fully saturated rings. The van der Waals surface area contributed by atoms with Crippen LogP contribution in [0.1, 0.15) is 54.6 Å². The van der Waals surface area contributed by atoms with Gasteiger partial charge in [0, 0.05) is 13.1 Å². The number of ether oxygens (including phenoxy) is 2. The minimum absolute atomic E-state index is 0.0766. The molecule has 3 rings (SSSR count). The number of hydrogen-bond acceptors (Lipinski definition) is 5. The van der Waals surface area contributed by atoms with E-state index in [1.807, 2.05) is 13.0 Å². The Balaban J connectivity index is 1.82. The number of carbonyl (C=O) groups excluding carboxylic acids is 1. The molecular weight excluding hydrogens is 452 g/mol. The van der Waals surface area contributed by atoms with E-state index in [-0.39, 0.29) is 21.5 Å². The van der Waals surface area contributed by atoms with Crippen molar-refractivity contribution in [3.05, 3.63) is 52.5 Å². The molecule has 0 radical (unpaired) electrons. The maximum Gasteiger partial charge on any atom is 0.253 e. The van der Waals surface area contributed by atoms with E-state index in [1.54, 1.807) is 26.4 Å². The second kappa shape index (κ2) is 10.6. The fourth-order valence-electron chi connectivity index (χ4n) is 3.75. The Kier molecular flexibility index (Phi) is 8.03. The molecule has 1 heterocycles. The highest BCUT2D eigenvalue weighted by Gasteiger charge is 2.27. The molecule has 1 aliphatic heterocycles. The maximum absolute atomic E-state index is 13.1. The number of sulfonamides is 1. The van der Waals surface area contributed by atoms with Crippen molar-refractivity contribution >= 4 is 27.5 Å². The number of nitrogens with zero attached hydrogens (tertiary/aromatic N) is 1. The van der Waals surface area contributed by atoms with Crippen molar-refractivity contribution in [2.75, 3.05) is 27.3 Å². The summed E-state index contributed by atoms with van der Waals surface area (Å²) < 4.78 is 38.3. The van der Waals surface area contributed by atoms with Gasteiger partial charge in [-0.05, 0) is 55.7 Å². The summed E-state index contributed by atoms with van der Waals surface area (Å²) in [6, 6.07) is 9.28. The number of nitrogens with one attached hydrogen (secondary N) is 1. The van der Waals surface area contributed by atoms with Crippen LogP contribution >= 0.6 is 11.6 Å². The molecule has 1 aliphatic rings. The first-order valence-corrected chi connectivity index (χ1v) is 12.4. The summed E-state index contributed by atoms with van der Waals surface area (Å²) in [5.74, 6) is 0.684. The lowest BCUT2D eigenvalue weighted by atomic mass is 10.1. The van der Waals surface area contributed by atoms with Crippen LogP contribution in [0.3, 0.4) is 0 Å². The van der Waals surface area contributed by atoms with Crippen LogP contribution in [0.2, 0.25) is 5.02 Å². The summed E-state index contributed by atoms with van der Waals surface area (Å²) in [5.41, 5.74) is 0.926. The first-order valence-electron chi connectivity index (χ1n) is 10.6. The maximum atomic E-state index is 13.1. The van der Waals surface area contributed by atoms with E-state index < -0.39 is 15.9 Å². The van der Waals surface area contributed by atoms with Gasteiger partial charge in [-0.25, -0.2) is 8.42 Å². The molecule has 1 atom stereocenters. The highest BCUT2D eigenvalue weighted by molar-refractivity contribution is 7.89. The van der Waals surface area contributed by atoms with Crippen molar-refractivity contribution in [1.29, 1.82) is 0 Å². The molecule has 32 heavy (non-hydrogen) atoms. The van der Waals surface area contributed by atoms with Gasteiger partial charge < -0.3 is 14.8 Å². The number of benzene rings is 2. The zero-order chi connectivity index (χ0) is 23.3. The Bertz CT molecular complexity index is 1070. The number of amides is 1. The third kappa shape index (κ3) is 5.36. The largest absolute Gasteiger partial charge is 0.493 e.